The molecule has 15 rings (SSSR count). The Morgan fingerprint density at radius 2 is 1.11 bits per heavy atom. The highest BCUT2D eigenvalue weighted by molar-refractivity contribution is 5.72. The van der Waals surface area contributed by atoms with Crippen LogP contribution in [-0.4, -0.2) is 39.6 Å². The molecule has 1 aliphatic heterocycles. The van der Waals surface area contributed by atoms with Gasteiger partial charge >= 0.3 is 5.97 Å². The summed E-state index contributed by atoms with van der Waals surface area (Å²) < 4.78 is 5.57. The summed E-state index contributed by atoms with van der Waals surface area (Å²) in [5, 5.41) is 32.8. The van der Waals surface area contributed by atoms with Gasteiger partial charge in [0.1, 0.15) is 5.76 Å². The number of aliphatic hydroxyl groups excluding tert-OH is 3. The molecule has 12 unspecified atom stereocenters. The molecule has 14 fully saturated rings. The first-order valence-corrected chi connectivity index (χ1v) is 39.8. The lowest BCUT2D eigenvalue weighted by atomic mass is 9.45. The lowest BCUT2D eigenvalue weighted by Gasteiger charge is -2.60. The number of rotatable bonds is 12. The van der Waals surface area contributed by atoms with Gasteiger partial charge in [0.05, 0.1) is 18.3 Å². The Morgan fingerprint density at radius 1 is 0.528 bits per heavy atom. The molecule has 89 heavy (non-hydrogen) atoms. The molecule has 14 aliphatic carbocycles. The van der Waals surface area contributed by atoms with E-state index >= 15 is 0 Å². The van der Waals surface area contributed by atoms with Gasteiger partial charge in [-0.15, -0.1) is 0 Å². The number of hydrogen-bond acceptors (Lipinski definition) is 5. The average molecular weight is 1230 g/mol. The SMILES string of the molecule is CC(C)CCC[C@@H](C)[C@H]1CCC2C3C(CC[C@@]21C)[C@@]1(C)CCC[C@@H](O)[C@]12CC32.CC(C)CCC[C@@H](C)[C@H]1CCC2C3C[C@@H](O)C45C[C@H]4CC[C@]5(C)C3CC[C@@]21C.CCC[C@]1(C)CCC(C)C1(C)C.C[C@]12CCC(=O)OC1=CCC1C2CC[C@@]2(C)C1CC[C@@H]2O. The van der Waals surface area contributed by atoms with Crippen LogP contribution in [0.25, 0.3) is 0 Å². The van der Waals surface area contributed by atoms with E-state index in [1.54, 1.807) is 0 Å². The third-order valence-corrected chi connectivity index (χ3v) is 35.6. The van der Waals surface area contributed by atoms with Gasteiger partial charge in [0.25, 0.3) is 0 Å². The fourth-order valence-corrected chi connectivity index (χ4v) is 29.6. The van der Waals surface area contributed by atoms with Crippen LogP contribution in [0, 0.1) is 161 Å². The molecule has 3 N–H and O–H groups in total. The first kappa shape index (κ1) is 68.0. The van der Waals surface area contributed by atoms with Crippen molar-refractivity contribution in [2.24, 2.45) is 161 Å². The Kier molecular flexibility index (Phi) is 18.6. The maximum atomic E-state index is 11.6. The molecule has 2 spiro atoms. The molecule has 0 amide bonds. The van der Waals surface area contributed by atoms with Crippen molar-refractivity contribution in [2.45, 2.75) is 348 Å². The summed E-state index contributed by atoms with van der Waals surface area (Å²) in [5.41, 5.74) is 4.10. The van der Waals surface area contributed by atoms with Crippen LogP contribution in [0.5, 0.6) is 0 Å². The number of allylic oxidation sites excluding steroid dienone is 2. The highest BCUT2D eigenvalue weighted by atomic mass is 16.5. The van der Waals surface area contributed by atoms with Crippen molar-refractivity contribution in [2.75, 3.05) is 0 Å². The monoisotopic (exact) mass is 1230 g/mol. The highest BCUT2D eigenvalue weighted by Crippen LogP contribution is 2.86. The van der Waals surface area contributed by atoms with Gasteiger partial charge in [0, 0.05) is 22.7 Å². The van der Waals surface area contributed by atoms with Crippen LogP contribution >= 0.6 is 0 Å². The van der Waals surface area contributed by atoms with Gasteiger partial charge in [-0.3, -0.25) is 4.79 Å². The normalized spacial score (nSPS) is 52.6. The van der Waals surface area contributed by atoms with Crippen molar-refractivity contribution in [3.8, 4) is 0 Å². The van der Waals surface area contributed by atoms with Crippen LogP contribution in [-0.2, 0) is 9.53 Å². The van der Waals surface area contributed by atoms with Crippen LogP contribution in [0.1, 0.15) is 330 Å². The van der Waals surface area contributed by atoms with Gasteiger partial charge in [-0.2, -0.15) is 0 Å². The van der Waals surface area contributed by atoms with Crippen LogP contribution in [0.15, 0.2) is 11.8 Å². The molecule has 13 saturated carbocycles. The number of ether oxygens (including phenoxy) is 1. The molecule has 28 atom stereocenters. The molecule has 0 radical (unpaired) electrons. The van der Waals surface area contributed by atoms with Gasteiger partial charge < -0.3 is 20.1 Å². The fourth-order valence-electron chi connectivity index (χ4n) is 29.6. The molecule has 508 valence electrons. The molecule has 0 bridgehead atoms. The Hall–Kier alpha value is -0.910. The number of hydrogen-bond donors (Lipinski definition) is 3. The van der Waals surface area contributed by atoms with Gasteiger partial charge in [0.2, 0.25) is 0 Å². The zero-order valence-corrected chi connectivity index (χ0v) is 61.2. The lowest BCUT2D eigenvalue weighted by Crippen LogP contribution is -2.56. The van der Waals surface area contributed by atoms with E-state index in [0.717, 1.165) is 139 Å². The minimum atomic E-state index is -0.120. The fraction of sp³-hybridized carbons (Fsp3) is 0.964. The zero-order valence-electron chi connectivity index (χ0n) is 61.2. The second-order valence-corrected chi connectivity index (χ2v) is 39.7. The molecule has 0 aromatic rings. The number of aliphatic hydroxyl groups is 3. The van der Waals surface area contributed by atoms with E-state index < -0.39 is 0 Å². The Labute approximate surface area is 548 Å². The summed E-state index contributed by atoms with van der Waals surface area (Å²) >= 11 is 0. The van der Waals surface area contributed by atoms with Gasteiger partial charge in [0.15, 0.2) is 0 Å². The van der Waals surface area contributed by atoms with Crippen LogP contribution in [0.3, 0.4) is 0 Å². The second-order valence-electron chi connectivity index (χ2n) is 39.7. The van der Waals surface area contributed by atoms with E-state index in [9.17, 15) is 20.1 Å². The third kappa shape index (κ3) is 10.5. The summed E-state index contributed by atoms with van der Waals surface area (Å²) in [7, 11) is 0. The smallest absolute Gasteiger partial charge is 0.310 e. The van der Waals surface area contributed by atoms with Crippen molar-refractivity contribution in [1.29, 1.82) is 0 Å². The van der Waals surface area contributed by atoms with Crippen molar-refractivity contribution in [1.82, 2.24) is 0 Å². The molecule has 1 heterocycles. The standard InChI is InChI=1S/2C27H46O.C18H26O3.C12H24/c1-17(2)8-6-9-18(3)19-11-12-20-24-21(13-15-25(19,20)4)26(5)14-7-10-23(28)27(26)16-22(24)27;1-17(2)7-6-8-18(3)21-9-10-22-20-15-24(28)27-16-19(27)11-14-26(27,5)23(20)12-13-25(21,22)4;1-17-9-7-13-11(12(17)4-5-14(17)19)3-6-15-18(13,2)10-8-16(20)21-15;1-6-8-12(5)9-7-10(2)11(12,3)4/h2*17-24,28H,6-16H2,1-5H3;6,11-14,19H,3-5,7-10H2,1-2H3;10H,6-9H2,1-5H3/t18-,19-,20?,21?,22?,23-,24?,25-,26-,27-;18-,19-,20?,21-,22?,23?,24-,25-,26-,27?;11?,12?,13?,14-,17-,18+;10?,12-/m1101/s1. The van der Waals surface area contributed by atoms with Crippen LogP contribution in [0.2, 0.25) is 0 Å². The molecule has 5 heteroatoms. The van der Waals surface area contributed by atoms with E-state index in [-0.39, 0.29) is 35.1 Å². The van der Waals surface area contributed by atoms with E-state index in [1.807, 2.05) is 0 Å². The van der Waals surface area contributed by atoms with Gasteiger partial charge in [-0.25, -0.2) is 0 Å². The first-order chi connectivity index (χ1) is 41.9. The number of carbonyl (C=O) groups excluding carboxylic acids is 1. The van der Waals surface area contributed by atoms with E-state index in [1.165, 1.54) is 161 Å². The minimum absolute atomic E-state index is 0.0103. The second kappa shape index (κ2) is 24.3. The summed E-state index contributed by atoms with van der Waals surface area (Å²) in [4.78, 5) is 11.6. The van der Waals surface area contributed by atoms with Crippen LogP contribution < -0.4 is 0 Å². The number of carbonyl (C=O) groups is 1. The molecular weight excluding hydrogens is 1090 g/mol. The van der Waals surface area contributed by atoms with E-state index in [2.05, 4.69) is 124 Å². The molecular formula is C84H142O5. The van der Waals surface area contributed by atoms with Crippen LogP contribution in [0.4, 0.5) is 0 Å². The first-order valence-electron chi connectivity index (χ1n) is 39.8. The van der Waals surface area contributed by atoms with Crippen molar-refractivity contribution < 1.29 is 24.9 Å². The average Bonchev–Trinajstić information content (AvgIpc) is 1.48. The highest BCUT2D eigenvalue weighted by Gasteiger charge is 2.81. The summed E-state index contributed by atoms with van der Waals surface area (Å²) in [5.74, 6) is 16.3. The molecule has 1 saturated heterocycles. The number of esters is 1. The van der Waals surface area contributed by atoms with Crippen molar-refractivity contribution in [3.05, 3.63) is 11.8 Å². The molecule has 0 aromatic heterocycles. The van der Waals surface area contributed by atoms with Gasteiger partial charge in [-0.05, 0) is 305 Å². The molecule has 5 nitrogen and oxygen atoms in total. The zero-order chi connectivity index (χ0) is 64.0. The summed E-state index contributed by atoms with van der Waals surface area (Å²) in [6.45, 7) is 42.0. The van der Waals surface area contributed by atoms with Gasteiger partial charge in [-0.1, -0.05) is 169 Å². The van der Waals surface area contributed by atoms with E-state index in [0.29, 0.717) is 67.5 Å². The molecule has 0 aromatic carbocycles. The Balaban J connectivity index is 0.000000120. The molecule has 15 aliphatic rings. The topological polar surface area (TPSA) is 87.0 Å². The Morgan fingerprint density at radius 3 is 1.73 bits per heavy atom. The predicted octanol–water partition coefficient (Wildman–Crippen LogP) is 21.8. The maximum absolute atomic E-state index is 11.6. The maximum Gasteiger partial charge on any atom is 0.310 e. The van der Waals surface area contributed by atoms with E-state index in [4.69, 9.17) is 4.74 Å². The Bertz CT molecular complexity index is 2540. The van der Waals surface area contributed by atoms with Crippen molar-refractivity contribution in [3.63, 3.8) is 0 Å². The predicted molar refractivity (Wildman–Crippen MR) is 368 cm³/mol. The lowest BCUT2D eigenvalue weighted by molar-refractivity contribution is -0.152. The summed E-state index contributed by atoms with van der Waals surface area (Å²) in [6, 6.07) is 0. The summed E-state index contributed by atoms with van der Waals surface area (Å²) in [6.07, 6.45) is 45.4. The largest absolute Gasteiger partial charge is 0.431 e. The third-order valence-electron chi connectivity index (χ3n) is 35.6. The number of fused-ring (bicyclic) bond motifs is 14. The minimum Gasteiger partial charge on any atom is -0.431 e. The van der Waals surface area contributed by atoms with Crippen molar-refractivity contribution >= 4 is 5.97 Å². The quantitative estimate of drug-likeness (QED) is 0.170.